The molecule has 0 aliphatic carbocycles. The highest BCUT2D eigenvalue weighted by molar-refractivity contribution is 5.93. The normalized spacial score (nSPS) is 12.1. The molecule has 0 radical (unpaired) electrons. The Morgan fingerprint density at radius 2 is 2.08 bits per heavy atom. The zero-order valence-corrected chi connectivity index (χ0v) is 14.2. The van der Waals surface area contributed by atoms with E-state index in [1.54, 1.807) is 31.4 Å². The number of furan rings is 1. The van der Waals surface area contributed by atoms with Crippen molar-refractivity contribution in [1.29, 1.82) is 0 Å². The van der Waals surface area contributed by atoms with E-state index in [1.807, 2.05) is 6.07 Å². The minimum absolute atomic E-state index is 0.0846. The molecule has 136 valence electrons. The first-order valence-corrected chi connectivity index (χ1v) is 8.23. The third-order valence-corrected chi connectivity index (χ3v) is 4.24. The Balaban J connectivity index is 1.68. The molecule has 1 amide bonds. The lowest BCUT2D eigenvalue weighted by molar-refractivity contribution is 0.0940. The van der Waals surface area contributed by atoms with E-state index >= 15 is 0 Å². The Labute approximate surface area is 149 Å². The van der Waals surface area contributed by atoms with Gasteiger partial charge in [0.1, 0.15) is 17.3 Å². The Kier molecular flexibility index (Phi) is 5.48. The number of amides is 1. The molecule has 0 aliphatic rings. The van der Waals surface area contributed by atoms with E-state index in [-0.39, 0.29) is 24.0 Å². The zero-order chi connectivity index (χ0) is 18.5. The number of aliphatic hydroxyl groups excluding tert-OH is 1. The lowest BCUT2D eigenvalue weighted by atomic mass is 9.93. The molecule has 7 heteroatoms. The highest BCUT2D eigenvalue weighted by atomic mass is 19.1. The topological polar surface area (TPSA) is 88.5 Å². The monoisotopic (exact) mass is 358 g/mol. The Bertz CT molecular complexity index is 856. The van der Waals surface area contributed by atoms with Gasteiger partial charge in [-0.15, -0.1) is 0 Å². The first-order chi connectivity index (χ1) is 12.6. The number of aliphatic hydroxyl groups is 1. The van der Waals surface area contributed by atoms with Gasteiger partial charge in [0.2, 0.25) is 0 Å². The number of rotatable bonds is 7. The van der Waals surface area contributed by atoms with E-state index in [4.69, 9.17) is 8.94 Å². The largest absolute Gasteiger partial charge is 0.469 e. The van der Waals surface area contributed by atoms with E-state index in [0.29, 0.717) is 24.3 Å². The first-order valence-electron chi connectivity index (χ1n) is 8.23. The molecule has 1 atom stereocenters. The molecule has 0 fully saturated rings. The quantitative estimate of drug-likeness (QED) is 0.677. The number of aromatic nitrogens is 1. The number of aryl methyl sites for hydroxylation is 1. The molecule has 2 heterocycles. The molecule has 3 rings (SSSR count). The number of hydrogen-bond acceptors (Lipinski definition) is 5. The molecular formula is C19H19FN2O4. The Morgan fingerprint density at radius 1 is 1.31 bits per heavy atom. The van der Waals surface area contributed by atoms with Crippen molar-refractivity contribution in [1.82, 2.24) is 10.5 Å². The van der Waals surface area contributed by atoms with Gasteiger partial charge in [0, 0.05) is 12.5 Å². The summed E-state index contributed by atoms with van der Waals surface area (Å²) in [6, 6.07) is 9.84. The lowest BCUT2D eigenvalue weighted by Crippen LogP contribution is -2.27. The third-order valence-electron chi connectivity index (χ3n) is 4.24. The number of carbonyl (C=O) groups excluding carboxylic acids is 1. The summed E-state index contributed by atoms with van der Waals surface area (Å²) in [7, 11) is 0. The minimum atomic E-state index is -0.414. The summed E-state index contributed by atoms with van der Waals surface area (Å²) < 4.78 is 23.6. The van der Waals surface area contributed by atoms with Crippen LogP contribution in [0.5, 0.6) is 0 Å². The third kappa shape index (κ3) is 3.83. The van der Waals surface area contributed by atoms with Crippen LogP contribution in [0.4, 0.5) is 4.39 Å². The van der Waals surface area contributed by atoms with Crippen molar-refractivity contribution >= 4 is 5.91 Å². The second kappa shape index (κ2) is 7.97. The molecule has 0 aliphatic heterocycles. The molecule has 1 aromatic carbocycles. The SMILES string of the molecule is Cc1onc(C(=O)NCCC(c2ccc(F)cc2)c2ccco2)c1CO. The van der Waals surface area contributed by atoms with Crippen LogP contribution in [0.2, 0.25) is 0 Å². The molecule has 0 saturated carbocycles. The zero-order valence-electron chi connectivity index (χ0n) is 14.2. The van der Waals surface area contributed by atoms with Crippen molar-refractivity contribution in [2.45, 2.75) is 25.9 Å². The van der Waals surface area contributed by atoms with Crippen LogP contribution in [-0.4, -0.2) is 22.7 Å². The molecule has 1 unspecified atom stereocenters. The van der Waals surface area contributed by atoms with Gasteiger partial charge in [0.25, 0.3) is 5.91 Å². The summed E-state index contributed by atoms with van der Waals surface area (Å²) in [5.74, 6) is 0.306. The Hall–Kier alpha value is -2.93. The van der Waals surface area contributed by atoms with Crippen molar-refractivity contribution in [3.05, 3.63) is 76.8 Å². The van der Waals surface area contributed by atoms with Gasteiger partial charge in [-0.2, -0.15) is 0 Å². The van der Waals surface area contributed by atoms with Gasteiger partial charge in [-0.1, -0.05) is 17.3 Å². The fourth-order valence-electron chi connectivity index (χ4n) is 2.83. The van der Waals surface area contributed by atoms with E-state index in [9.17, 15) is 14.3 Å². The lowest BCUT2D eigenvalue weighted by Gasteiger charge is -2.15. The summed E-state index contributed by atoms with van der Waals surface area (Å²) in [4.78, 5) is 12.3. The summed E-state index contributed by atoms with van der Waals surface area (Å²) >= 11 is 0. The first kappa shape index (κ1) is 17.9. The van der Waals surface area contributed by atoms with Crippen LogP contribution in [0.15, 0.2) is 51.6 Å². The van der Waals surface area contributed by atoms with Crippen LogP contribution in [0, 0.1) is 12.7 Å². The van der Waals surface area contributed by atoms with E-state index in [2.05, 4.69) is 10.5 Å². The molecule has 3 aromatic rings. The highest BCUT2D eigenvalue weighted by Gasteiger charge is 2.21. The maximum atomic E-state index is 13.2. The van der Waals surface area contributed by atoms with Crippen LogP contribution < -0.4 is 5.32 Å². The molecule has 0 saturated heterocycles. The average molecular weight is 358 g/mol. The fourth-order valence-corrected chi connectivity index (χ4v) is 2.83. The van der Waals surface area contributed by atoms with Crippen LogP contribution in [-0.2, 0) is 6.61 Å². The van der Waals surface area contributed by atoms with E-state index in [1.165, 1.54) is 12.1 Å². The predicted octanol–water partition coefficient (Wildman–Crippen LogP) is 3.16. The summed E-state index contributed by atoms with van der Waals surface area (Å²) in [6.45, 7) is 1.66. The molecule has 0 spiro atoms. The van der Waals surface area contributed by atoms with Crippen molar-refractivity contribution < 1.29 is 23.2 Å². The average Bonchev–Trinajstić information content (AvgIpc) is 3.29. The van der Waals surface area contributed by atoms with Gasteiger partial charge in [-0.05, 0) is 43.2 Å². The predicted molar refractivity (Wildman–Crippen MR) is 91.1 cm³/mol. The van der Waals surface area contributed by atoms with Crippen LogP contribution >= 0.6 is 0 Å². The van der Waals surface area contributed by atoms with Crippen molar-refractivity contribution in [2.75, 3.05) is 6.54 Å². The van der Waals surface area contributed by atoms with Crippen LogP contribution in [0.3, 0.4) is 0 Å². The number of hydrogen-bond donors (Lipinski definition) is 2. The van der Waals surface area contributed by atoms with Crippen molar-refractivity contribution in [2.24, 2.45) is 0 Å². The number of carbonyl (C=O) groups is 1. The fraction of sp³-hybridized carbons (Fsp3) is 0.263. The molecule has 2 aromatic heterocycles. The van der Waals surface area contributed by atoms with Crippen molar-refractivity contribution in [3.63, 3.8) is 0 Å². The Morgan fingerprint density at radius 3 is 2.73 bits per heavy atom. The number of benzene rings is 1. The molecule has 2 N–H and O–H groups in total. The second-order valence-corrected chi connectivity index (χ2v) is 5.89. The van der Waals surface area contributed by atoms with Gasteiger partial charge in [0.15, 0.2) is 5.69 Å². The van der Waals surface area contributed by atoms with Gasteiger partial charge in [-0.3, -0.25) is 4.79 Å². The van der Waals surface area contributed by atoms with E-state index in [0.717, 1.165) is 11.3 Å². The standard InChI is InChI=1S/C19H19FN2O4/c1-12-16(11-23)18(22-26-12)19(24)21-9-8-15(17-3-2-10-25-17)13-4-6-14(20)7-5-13/h2-7,10,15,23H,8-9,11H2,1H3,(H,21,24). The summed E-state index contributed by atoms with van der Waals surface area (Å²) in [6.07, 6.45) is 2.13. The number of nitrogens with zero attached hydrogens (tertiary/aromatic N) is 1. The minimum Gasteiger partial charge on any atom is -0.469 e. The number of halogens is 1. The maximum Gasteiger partial charge on any atom is 0.273 e. The summed E-state index contributed by atoms with van der Waals surface area (Å²) in [5.41, 5.74) is 1.36. The van der Waals surface area contributed by atoms with Gasteiger partial charge in [0.05, 0.1) is 18.4 Å². The summed E-state index contributed by atoms with van der Waals surface area (Å²) in [5, 5.41) is 15.8. The van der Waals surface area contributed by atoms with Gasteiger partial charge >= 0.3 is 0 Å². The molecular weight excluding hydrogens is 339 g/mol. The highest BCUT2D eigenvalue weighted by Crippen LogP contribution is 2.28. The molecule has 6 nitrogen and oxygen atoms in total. The van der Waals surface area contributed by atoms with Gasteiger partial charge < -0.3 is 19.4 Å². The van der Waals surface area contributed by atoms with Crippen molar-refractivity contribution in [3.8, 4) is 0 Å². The number of nitrogens with one attached hydrogen (secondary N) is 1. The van der Waals surface area contributed by atoms with Gasteiger partial charge in [-0.25, -0.2) is 4.39 Å². The van der Waals surface area contributed by atoms with E-state index < -0.39 is 5.91 Å². The van der Waals surface area contributed by atoms with Crippen LogP contribution in [0.1, 0.15) is 45.5 Å². The van der Waals surface area contributed by atoms with Crippen LogP contribution in [0.25, 0.3) is 0 Å². The molecule has 26 heavy (non-hydrogen) atoms. The second-order valence-electron chi connectivity index (χ2n) is 5.89. The molecule has 0 bridgehead atoms. The smallest absolute Gasteiger partial charge is 0.273 e. The maximum absolute atomic E-state index is 13.2.